The zero-order chi connectivity index (χ0) is 22.8. The molecule has 2 N–H and O–H groups in total. The lowest BCUT2D eigenvalue weighted by Gasteiger charge is -2.07. The number of carbonyl (C=O) groups excluding carboxylic acids is 2. The molecule has 3 rings (SSSR count). The molecule has 0 bridgehead atoms. The number of oxazole rings is 1. The van der Waals surface area contributed by atoms with Crippen molar-refractivity contribution in [3.63, 3.8) is 0 Å². The third-order valence-electron chi connectivity index (χ3n) is 4.42. The van der Waals surface area contributed by atoms with Crippen LogP contribution in [-0.2, 0) is 16.0 Å². The van der Waals surface area contributed by atoms with Crippen LogP contribution in [0.1, 0.15) is 18.2 Å². The molecule has 2 aromatic carbocycles. The standard InChI is InChI=1S/C24H25N3O5/c1-3-31-22(28)13-6-17-4-9-19(10-5-17)27-24(29)25-15-14-20-16-32-23(26-20)18-7-11-21(30-2)12-8-18/h4-13,16H,3,14-15H2,1-2H3,(H2,25,27,29)/b13-6+. The topological polar surface area (TPSA) is 103 Å². The first-order valence-electron chi connectivity index (χ1n) is 10.2. The molecule has 0 radical (unpaired) electrons. The second-order valence-electron chi connectivity index (χ2n) is 6.71. The summed E-state index contributed by atoms with van der Waals surface area (Å²) in [5.41, 5.74) is 3.05. The van der Waals surface area contributed by atoms with Crippen LogP contribution in [0.25, 0.3) is 17.5 Å². The van der Waals surface area contributed by atoms with Crippen molar-refractivity contribution in [2.75, 3.05) is 25.6 Å². The molecule has 0 aliphatic heterocycles. The third kappa shape index (κ3) is 6.73. The number of amides is 2. The summed E-state index contributed by atoms with van der Waals surface area (Å²) < 4.78 is 15.5. The van der Waals surface area contributed by atoms with E-state index in [1.54, 1.807) is 50.6 Å². The van der Waals surface area contributed by atoms with E-state index in [4.69, 9.17) is 13.9 Å². The lowest BCUT2D eigenvalue weighted by atomic mass is 10.2. The molecular weight excluding hydrogens is 410 g/mol. The molecule has 166 valence electrons. The van der Waals surface area contributed by atoms with Crippen LogP contribution in [0.5, 0.6) is 5.75 Å². The zero-order valence-electron chi connectivity index (χ0n) is 18.0. The van der Waals surface area contributed by atoms with Gasteiger partial charge in [-0.1, -0.05) is 12.1 Å². The van der Waals surface area contributed by atoms with E-state index in [0.29, 0.717) is 31.2 Å². The van der Waals surface area contributed by atoms with Gasteiger partial charge in [0.1, 0.15) is 12.0 Å². The van der Waals surface area contributed by atoms with Gasteiger partial charge in [0.2, 0.25) is 5.89 Å². The highest BCUT2D eigenvalue weighted by atomic mass is 16.5. The smallest absolute Gasteiger partial charge is 0.330 e. The average Bonchev–Trinajstić information content (AvgIpc) is 3.28. The maximum absolute atomic E-state index is 12.1. The summed E-state index contributed by atoms with van der Waals surface area (Å²) in [6.07, 6.45) is 5.13. The fourth-order valence-electron chi connectivity index (χ4n) is 2.80. The minimum absolute atomic E-state index is 0.321. The Balaban J connectivity index is 1.43. The van der Waals surface area contributed by atoms with E-state index in [9.17, 15) is 9.59 Å². The van der Waals surface area contributed by atoms with Crippen molar-refractivity contribution >= 4 is 23.8 Å². The van der Waals surface area contributed by atoms with Crippen molar-refractivity contribution in [3.05, 3.63) is 72.1 Å². The first-order valence-corrected chi connectivity index (χ1v) is 10.2. The molecule has 2 amide bonds. The number of nitrogens with zero attached hydrogens (tertiary/aromatic N) is 1. The summed E-state index contributed by atoms with van der Waals surface area (Å²) in [5, 5.41) is 5.55. The highest BCUT2D eigenvalue weighted by Crippen LogP contribution is 2.21. The summed E-state index contributed by atoms with van der Waals surface area (Å²) in [6.45, 7) is 2.49. The average molecular weight is 435 g/mol. The van der Waals surface area contributed by atoms with Gasteiger partial charge in [-0.15, -0.1) is 0 Å². The number of hydrogen-bond donors (Lipinski definition) is 2. The first-order chi connectivity index (χ1) is 15.6. The molecule has 3 aromatic rings. The number of nitrogens with one attached hydrogen (secondary N) is 2. The largest absolute Gasteiger partial charge is 0.497 e. The van der Waals surface area contributed by atoms with Gasteiger partial charge in [0.05, 0.1) is 19.4 Å². The van der Waals surface area contributed by atoms with Gasteiger partial charge >= 0.3 is 12.0 Å². The molecule has 1 heterocycles. The molecule has 0 aliphatic carbocycles. The van der Waals surface area contributed by atoms with Crippen LogP contribution >= 0.6 is 0 Å². The van der Waals surface area contributed by atoms with Gasteiger partial charge in [-0.05, 0) is 55.0 Å². The van der Waals surface area contributed by atoms with Crippen LogP contribution in [0.4, 0.5) is 10.5 Å². The summed E-state index contributed by atoms with van der Waals surface area (Å²) in [4.78, 5) is 27.9. The van der Waals surface area contributed by atoms with Crippen molar-refractivity contribution in [2.24, 2.45) is 0 Å². The lowest BCUT2D eigenvalue weighted by Crippen LogP contribution is -2.30. The van der Waals surface area contributed by atoms with Crippen LogP contribution < -0.4 is 15.4 Å². The van der Waals surface area contributed by atoms with E-state index < -0.39 is 5.97 Å². The van der Waals surface area contributed by atoms with Crippen LogP contribution in [-0.4, -0.2) is 37.2 Å². The summed E-state index contributed by atoms with van der Waals surface area (Å²) in [5.74, 6) is 0.889. The van der Waals surface area contributed by atoms with E-state index in [1.807, 2.05) is 24.3 Å². The maximum Gasteiger partial charge on any atom is 0.330 e. The quantitative estimate of drug-likeness (QED) is 0.384. The highest BCUT2D eigenvalue weighted by molar-refractivity contribution is 5.90. The number of rotatable bonds is 9. The normalized spacial score (nSPS) is 10.7. The molecule has 8 heteroatoms. The molecule has 0 unspecified atom stereocenters. The second kappa shape index (κ2) is 11.4. The van der Waals surface area contributed by atoms with E-state index >= 15 is 0 Å². The number of anilines is 1. The predicted molar refractivity (Wildman–Crippen MR) is 121 cm³/mol. The highest BCUT2D eigenvalue weighted by Gasteiger charge is 2.08. The molecule has 0 fully saturated rings. The minimum Gasteiger partial charge on any atom is -0.497 e. The number of hydrogen-bond acceptors (Lipinski definition) is 6. The molecule has 0 saturated heterocycles. The van der Waals surface area contributed by atoms with Gasteiger partial charge in [-0.3, -0.25) is 0 Å². The summed E-state index contributed by atoms with van der Waals surface area (Å²) in [7, 11) is 1.61. The fraction of sp³-hybridized carbons (Fsp3) is 0.208. The number of benzene rings is 2. The molecule has 0 spiro atoms. The maximum atomic E-state index is 12.1. The van der Waals surface area contributed by atoms with Crippen LogP contribution in [0.15, 0.2) is 65.3 Å². The number of urea groups is 1. The Bertz CT molecular complexity index is 1060. The Morgan fingerprint density at radius 1 is 1.09 bits per heavy atom. The van der Waals surface area contributed by atoms with Gasteiger partial charge in [0.15, 0.2) is 0 Å². The number of esters is 1. The van der Waals surface area contributed by atoms with Gasteiger partial charge in [0.25, 0.3) is 0 Å². The van der Waals surface area contributed by atoms with Crippen molar-refractivity contribution < 1.29 is 23.5 Å². The van der Waals surface area contributed by atoms with Crippen LogP contribution in [0.2, 0.25) is 0 Å². The molecule has 1 aromatic heterocycles. The summed E-state index contributed by atoms with van der Waals surface area (Å²) >= 11 is 0. The molecular formula is C24H25N3O5. The zero-order valence-corrected chi connectivity index (χ0v) is 18.0. The number of aromatic nitrogens is 1. The first kappa shape index (κ1) is 22.6. The second-order valence-corrected chi connectivity index (χ2v) is 6.71. The van der Waals surface area contributed by atoms with Crippen molar-refractivity contribution in [2.45, 2.75) is 13.3 Å². The van der Waals surface area contributed by atoms with E-state index in [-0.39, 0.29) is 6.03 Å². The third-order valence-corrected chi connectivity index (χ3v) is 4.42. The molecule has 8 nitrogen and oxygen atoms in total. The SMILES string of the molecule is CCOC(=O)/C=C/c1ccc(NC(=O)NCCc2coc(-c3ccc(OC)cc3)n2)cc1. The Morgan fingerprint density at radius 2 is 1.84 bits per heavy atom. The number of carbonyl (C=O) groups is 2. The monoisotopic (exact) mass is 435 g/mol. The molecule has 32 heavy (non-hydrogen) atoms. The molecule has 0 aliphatic rings. The van der Waals surface area contributed by atoms with Gasteiger partial charge < -0.3 is 24.5 Å². The Labute approximate surface area is 186 Å². The van der Waals surface area contributed by atoms with Gasteiger partial charge in [-0.2, -0.15) is 0 Å². The van der Waals surface area contributed by atoms with Crippen LogP contribution in [0, 0.1) is 0 Å². The Morgan fingerprint density at radius 3 is 2.53 bits per heavy atom. The number of ether oxygens (including phenoxy) is 2. The van der Waals surface area contributed by atoms with Gasteiger partial charge in [0, 0.05) is 30.3 Å². The van der Waals surface area contributed by atoms with E-state index in [0.717, 1.165) is 22.6 Å². The minimum atomic E-state index is -0.391. The summed E-state index contributed by atoms with van der Waals surface area (Å²) in [6, 6.07) is 14.2. The lowest BCUT2D eigenvalue weighted by molar-refractivity contribution is -0.137. The Kier molecular flexibility index (Phi) is 8.02. The number of methoxy groups -OCH3 is 1. The van der Waals surface area contributed by atoms with Crippen molar-refractivity contribution in [1.82, 2.24) is 10.3 Å². The molecule has 0 atom stereocenters. The van der Waals surface area contributed by atoms with Crippen molar-refractivity contribution in [1.29, 1.82) is 0 Å². The Hall–Kier alpha value is -4.07. The van der Waals surface area contributed by atoms with Crippen LogP contribution in [0.3, 0.4) is 0 Å². The van der Waals surface area contributed by atoms with E-state index in [1.165, 1.54) is 6.08 Å². The molecule has 0 saturated carbocycles. The van der Waals surface area contributed by atoms with Crippen molar-refractivity contribution in [3.8, 4) is 17.2 Å². The predicted octanol–water partition coefficient (Wildman–Crippen LogP) is 4.29. The van der Waals surface area contributed by atoms with Gasteiger partial charge in [-0.25, -0.2) is 14.6 Å². The van der Waals surface area contributed by atoms with E-state index in [2.05, 4.69) is 15.6 Å². The fourth-order valence-corrected chi connectivity index (χ4v) is 2.80.